The van der Waals surface area contributed by atoms with Gasteiger partial charge in [-0.2, -0.15) is 0 Å². The highest BCUT2D eigenvalue weighted by Crippen LogP contribution is 2.40. The number of carbonyl (C=O) groups excluding carboxylic acids is 1. The first-order valence-electron chi connectivity index (χ1n) is 14.2. The number of piperidine rings is 1. The topological polar surface area (TPSA) is 99.2 Å². The number of likely N-dealkylation sites (tertiary alicyclic amines) is 1. The summed E-state index contributed by atoms with van der Waals surface area (Å²) in [5.41, 5.74) is 0.916. The van der Waals surface area contributed by atoms with Crippen LogP contribution in [0.2, 0.25) is 0 Å². The van der Waals surface area contributed by atoms with Crippen LogP contribution in [0.3, 0.4) is 0 Å². The Morgan fingerprint density at radius 1 is 1.08 bits per heavy atom. The fourth-order valence-electron chi connectivity index (χ4n) is 6.93. The lowest BCUT2D eigenvalue weighted by Crippen LogP contribution is -2.52. The first-order chi connectivity index (χ1) is 17.7. The third-order valence-electron chi connectivity index (χ3n) is 9.09. The Hall–Kier alpha value is -1.68. The van der Waals surface area contributed by atoms with Crippen LogP contribution >= 0.6 is 0 Å². The number of ether oxygens (including phenoxy) is 1. The van der Waals surface area contributed by atoms with E-state index in [-0.39, 0.29) is 22.8 Å². The van der Waals surface area contributed by atoms with E-state index in [2.05, 4.69) is 9.62 Å². The van der Waals surface area contributed by atoms with Crippen LogP contribution in [0.5, 0.6) is 5.75 Å². The van der Waals surface area contributed by atoms with Gasteiger partial charge in [0.2, 0.25) is 15.9 Å². The summed E-state index contributed by atoms with van der Waals surface area (Å²) in [6, 6.07) is 5.53. The lowest BCUT2D eigenvalue weighted by Gasteiger charge is -2.44. The molecule has 9 heteroatoms. The first-order valence-corrected chi connectivity index (χ1v) is 15.6. The molecule has 0 radical (unpaired) electrons. The number of nitrogens with one attached hydrogen (secondary N) is 1. The second kappa shape index (κ2) is 11.2. The van der Waals surface area contributed by atoms with Gasteiger partial charge in [0.05, 0.1) is 12.7 Å². The Bertz CT molecular complexity index is 1060. The molecule has 206 valence electrons. The van der Waals surface area contributed by atoms with Crippen molar-refractivity contribution in [2.24, 2.45) is 11.3 Å². The Morgan fingerprint density at radius 2 is 1.76 bits per heavy atom. The standard InChI is InChI=1S/C28H43N3O5S/c1-30-18-24(32)17-29-37(34,35)26-11-10-23(21-6-2-3-7-21)16-25(26)36-20-28(19-30)12-14-31(15-13-28)27(33)22-8-4-5-9-22/h10-11,16,21-22,24,29,32H,2-9,12-15,17-20H2,1H3. The Balaban J connectivity index is 1.40. The van der Waals surface area contributed by atoms with Crippen molar-refractivity contribution >= 4 is 15.9 Å². The molecule has 5 rings (SSSR count). The average molecular weight is 534 g/mol. The third-order valence-corrected chi connectivity index (χ3v) is 10.6. The van der Waals surface area contributed by atoms with Crippen molar-refractivity contribution < 1.29 is 23.1 Å². The zero-order chi connectivity index (χ0) is 26.0. The number of hydrogen-bond donors (Lipinski definition) is 2. The van der Waals surface area contributed by atoms with E-state index in [0.717, 1.165) is 63.5 Å². The lowest BCUT2D eigenvalue weighted by atomic mass is 9.78. The smallest absolute Gasteiger partial charge is 0.244 e. The minimum Gasteiger partial charge on any atom is -0.492 e. The average Bonchev–Trinajstić information content (AvgIpc) is 3.61. The Morgan fingerprint density at radius 3 is 2.46 bits per heavy atom. The van der Waals surface area contributed by atoms with Crippen molar-refractivity contribution in [3.8, 4) is 5.75 Å². The number of fused-ring (bicyclic) bond motifs is 1. The minimum atomic E-state index is -3.84. The molecule has 0 aromatic heterocycles. The zero-order valence-electron chi connectivity index (χ0n) is 22.2. The van der Waals surface area contributed by atoms with E-state index in [1.165, 1.54) is 12.8 Å². The van der Waals surface area contributed by atoms with Crippen molar-refractivity contribution in [3.05, 3.63) is 23.8 Å². The van der Waals surface area contributed by atoms with Crippen molar-refractivity contribution in [1.82, 2.24) is 14.5 Å². The summed E-state index contributed by atoms with van der Waals surface area (Å²) in [6.45, 7) is 2.82. The van der Waals surface area contributed by atoms with Crippen LogP contribution in [0, 0.1) is 11.3 Å². The summed E-state index contributed by atoms with van der Waals surface area (Å²) in [6.07, 6.45) is 9.73. The second-order valence-corrected chi connectivity index (χ2v) is 13.7. The summed E-state index contributed by atoms with van der Waals surface area (Å²) >= 11 is 0. The minimum absolute atomic E-state index is 0.0485. The van der Waals surface area contributed by atoms with Gasteiger partial charge in [0.15, 0.2) is 0 Å². The molecule has 1 unspecified atom stereocenters. The summed E-state index contributed by atoms with van der Waals surface area (Å²) in [5, 5.41) is 10.6. The maximum atomic E-state index is 13.2. The van der Waals surface area contributed by atoms with Crippen LogP contribution in [0.4, 0.5) is 0 Å². The fourth-order valence-corrected chi connectivity index (χ4v) is 8.13. The van der Waals surface area contributed by atoms with E-state index in [4.69, 9.17) is 4.74 Å². The van der Waals surface area contributed by atoms with Crippen LogP contribution in [0.15, 0.2) is 23.1 Å². The van der Waals surface area contributed by atoms with Gasteiger partial charge in [-0.1, -0.05) is 31.7 Å². The van der Waals surface area contributed by atoms with Crippen molar-refractivity contribution in [1.29, 1.82) is 0 Å². The summed E-state index contributed by atoms with van der Waals surface area (Å²) in [4.78, 5) is 17.3. The van der Waals surface area contributed by atoms with Gasteiger partial charge in [-0.15, -0.1) is 0 Å². The molecule has 1 amide bonds. The maximum Gasteiger partial charge on any atom is 0.244 e. The largest absolute Gasteiger partial charge is 0.492 e. The van der Waals surface area contributed by atoms with Crippen molar-refractivity contribution in [3.63, 3.8) is 0 Å². The molecule has 1 aromatic rings. The van der Waals surface area contributed by atoms with Crippen LogP contribution in [-0.4, -0.2) is 81.7 Å². The highest BCUT2D eigenvalue weighted by Gasteiger charge is 2.40. The van der Waals surface area contributed by atoms with Gasteiger partial charge < -0.3 is 19.6 Å². The molecule has 37 heavy (non-hydrogen) atoms. The number of likely N-dealkylation sites (N-methyl/N-ethyl adjacent to an activating group) is 1. The van der Waals surface area contributed by atoms with Crippen molar-refractivity contribution in [2.75, 3.05) is 46.4 Å². The molecule has 8 nitrogen and oxygen atoms in total. The van der Waals surface area contributed by atoms with Gasteiger partial charge in [0.1, 0.15) is 10.6 Å². The molecule has 4 aliphatic rings. The molecule has 1 spiro atoms. The number of nitrogens with zero attached hydrogens (tertiary/aromatic N) is 2. The zero-order valence-corrected chi connectivity index (χ0v) is 23.0. The summed E-state index contributed by atoms with van der Waals surface area (Å²) in [5.74, 6) is 1.32. The van der Waals surface area contributed by atoms with Crippen LogP contribution in [-0.2, 0) is 14.8 Å². The summed E-state index contributed by atoms with van der Waals surface area (Å²) < 4.78 is 35.5. The SMILES string of the molecule is CN1CC(O)CNS(=O)(=O)c2ccc(C3CCCC3)cc2OCC2(CCN(C(=O)C3CCCC3)CC2)C1. The molecule has 2 N–H and O–H groups in total. The van der Waals surface area contributed by atoms with Gasteiger partial charge in [-0.25, -0.2) is 13.1 Å². The van der Waals surface area contributed by atoms with Crippen LogP contribution in [0.1, 0.15) is 75.7 Å². The van der Waals surface area contributed by atoms with E-state index in [0.29, 0.717) is 43.8 Å². The third kappa shape index (κ3) is 6.15. The number of amides is 1. The van der Waals surface area contributed by atoms with Crippen molar-refractivity contribution in [2.45, 2.75) is 81.1 Å². The van der Waals surface area contributed by atoms with E-state index in [1.807, 2.05) is 24.1 Å². The van der Waals surface area contributed by atoms with Crippen LogP contribution < -0.4 is 9.46 Å². The molecular formula is C28H43N3O5S. The van der Waals surface area contributed by atoms with E-state index in [1.54, 1.807) is 6.07 Å². The quantitative estimate of drug-likeness (QED) is 0.606. The number of carbonyl (C=O) groups is 1. The predicted octanol–water partition coefficient (Wildman–Crippen LogP) is 3.11. The highest BCUT2D eigenvalue weighted by molar-refractivity contribution is 7.89. The van der Waals surface area contributed by atoms with Gasteiger partial charge in [0, 0.05) is 44.1 Å². The van der Waals surface area contributed by atoms with Gasteiger partial charge in [-0.05, 0) is 69.2 Å². The molecular weight excluding hydrogens is 490 g/mol. The number of aliphatic hydroxyl groups is 1. The molecule has 0 bridgehead atoms. The number of rotatable bonds is 2. The molecule has 2 heterocycles. The second-order valence-electron chi connectivity index (χ2n) is 12.0. The molecule has 2 aliphatic heterocycles. The number of β-amino-alcohol motifs (C(OH)–C–C–N with tert-alkyl or cyclic N) is 1. The van der Waals surface area contributed by atoms with E-state index in [9.17, 15) is 18.3 Å². The number of sulfonamides is 1. The van der Waals surface area contributed by atoms with E-state index < -0.39 is 16.1 Å². The summed E-state index contributed by atoms with van der Waals surface area (Å²) in [7, 11) is -1.87. The number of aliphatic hydroxyl groups excluding tert-OH is 1. The van der Waals surface area contributed by atoms with Gasteiger partial charge in [0.25, 0.3) is 0 Å². The molecule has 2 aliphatic carbocycles. The Kier molecular flexibility index (Phi) is 8.15. The Labute approximate surface area is 221 Å². The first kappa shape index (κ1) is 26.9. The number of hydrogen-bond acceptors (Lipinski definition) is 6. The van der Waals surface area contributed by atoms with Gasteiger partial charge >= 0.3 is 0 Å². The maximum absolute atomic E-state index is 13.2. The molecule has 1 saturated heterocycles. The molecule has 1 aromatic carbocycles. The monoisotopic (exact) mass is 533 g/mol. The van der Waals surface area contributed by atoms with Crippen LogP contribution in [0.25, 0.3) is 0 Å². The predicted molar refractivity (Wildman–Crippen MR) is 142 cm³/mol. The molecule has 3 fully saturated rings. The van der Waals surface area contributed by atoms with E-state index >= 15 is 0 Å². The lowest BCUT2D eigenvalue weighted by molar-refractivity contribution is -0.138. The number of benzene rings is 1. The fraction of sp³-hybridized carbons (Fsp3) is 0.750. The molecule has 2 saturated carbocycles. The normalized spacial score (nSPS) is 27.8. The highest BCUT2D eigenvalue weighted by atomic mass is 32.2. The van der Waals surface area contributed by atoms with Gasteiger partial charge in [-0.3, -0.25) is 4.79 Å². The molecule has 1 atom stereocenters.